The number of halogens is 2. The maximum absolute atomic E-state index is 10.4. The zero-order valence-electron chi connectivity index (χ0n) is 7.91. The molecule has 1 aromatic carbocycles. The lowest BCUT2D eigenvalue weighted by molar-refractivity contribution is 0.191. The molecule has 0 aliphatic heterocycles. The Labute approximate surface area is 107 Å². The summed E-state index contributed by atoms with van der Waals surface area (Å²) < 4.78 is 1.16. The molecule has 0 aromatic heterocycles. The largest absolute Gasteiger partial charge is 0.465 e. The first kappa shape index (κ1) is 12.6. The molecule has 0 aliphatic carbocycles. The maximum Gasteiger partial charge on any atom is 0.404 e. The Hall–Kier alpha value is -0.490. The van der Waals surface area contributed by atoms with Crippen molar-refractivity contribution in [2.75, 3.05) is 5.88 Å². The topological polar surface area (TPSA) is 49.3 Å². The maximum atomic E-state index is 10.4. The molecule has 0 bridgehead atoms. The molecule has 0 unspecified atom stereocenters. The number of carbonyl (C=O) groups is 1. The van der Waals surface area contributed by atoms with Gasteiger partial charge in [-0.1, -0.05) is 12.1 Å². The van der Waals surface area contributed by atoms with Gasteiger partial charge >= 0.3 is 6.09 Å². The van der Waals surface area contributed by atoms with Crippen LogP contribution in [-0.2, 0) is 6.42 Å². The van der Waals surface area contributed by atoms with E-state index in [0.717, 1.165) is 9.13 Å². The summed E-state index contributed by atoms with van der Waals surface area (Å²) in [4.78, 5) is 10.4. The third-order valence-electron chi connectivity index (χ3n) is 1.91. The van der Waals surface area contributed by atoms with Gasteiger partial charge in [0, 0.05) is 15.5 Å². The molecule has 82 valence electrons. The molecule has 0 saturated heterocycles. The van der Waals surface area contributed by atoms with Crippen molar-refractivity contribution in [3.8, 4) is 0 Å². The minimum atomic E-state index is -1.04. The van der Waals surface area contributed by atoms with E-state index < -0.39 is 6.09 Å². The summed E-state index contributed by atoms with van der Waals surface area (Å²) in [5, 5.41) is 10.9. The normalized spacial score (nSPS) is 12.1. The molecule has 2 N–H and O–H groups in total. The highest BCUT2D eigenvalue weighted by Crippen LogP contribution is 2.09. The van der Waals surface area contributed by atoms with Crippen LogP contribution in [0.25, 0.3) is 0 Å². The predicted octanol–water partition coefficient (Wildman–Crippen LogP) is 2.71. The minimum absolute atomic E-state index is 0.232. The second-order valence-electron chi connectivity index (χ2n) is 3.13. The summed E-state index contributed by atoms with van der Waals surface area (Å²) in [5.74, 6) is 0.276. The average molecular weight is 340 g/mol. The summed E-state index contributed by atoms with van der Waals surface area (Å²) in [5.41, 5.74) is 1.08. The molecule has 3 nitrogen and oxygen atoms in total. The van der Waals surface area contributed by atoms with Crippen molar-refractivity contribution in [2.24, 2.45) is 0 Å². The number of benzene rings is 1. The van der Waals surface area contributed by atoms with Crippen molar-refractivity contribution in [2.45, 2.75) is 12.5 Å². The van der Waals surface area contributed by atoms with Crippen LogP contribution in [0.15, 0.2) is 24.3 Å². The number of carboxylic acid groups (broad SMARTS) is 1. The van der Waals surface area contributed by atoms with Crippen LogP contribution in [0.2, 0.25) is 0 Å². The van der Waals surface area contributed by atoms with Crippen LogP contribution >= 0.6 is 34.2 Å². The number of amides is 1. The van der Waals surface area contributed by atoms with Gasteiger partial charge in [0.05, 0.1) is 0 Å². The smallest absolute Gasteiger partial charge is 0.404 e. The molecule has 1 atom stereocenters. The van der Waals surface area contributed by atoms with E-state index in [1.807, 2.05) is 24.3 Å². The lowest BCUT2D eigenvalue weighted by Crippen LogP contribution is -2.36. The van der Waals surface area contributed by atoms with Crippen LogP contribution < -0.4 is 5.32 Å². The Morgan fingerprint density at radius 2 is 2.07 bits per heavy atom. The number of alkyl halides is 1. The molecule has 15 heavy (non-hydrogen) atoms. The molecule has 5 heteroatoms. The molecule has 0 spiro atoms. The van der Waals surface area contributed by atoms with E-state index >= 15 is 0 Å². The molecule has 1 amide bonds. The van der Waals surface area contributed by atoms with Crippen LogP contribution in [0.3, 0.4) is 0 Å². The summed E-state index contributed by atoms with van der Waals surface area (Å²) in [6.45, 7) is 0. The Kier molecular flexibility index (Phi) is 5.17. The van der Waals surface area contributed by atoms with Gasteiger partial charge in [-0.2, -0.15) is 0 Å². The van der Waals surface area contributed by atoms with Gasteiger partial charge in [-0.15, -0.1) is 11.6 Å². The molecule has 1 aromatic rings. The van der Waals surface area contributed by atoms with Gasteiger partial charge in [0.15, 0.2) is 0 Å². The highest BCUT2D eigenvalue weighted by Gasteiger charge is 2.10. The summed E-state index contributed by atoms with van der Waals surface area (Å²) in [6, 6.07) is 7.70. The van der Waals surface area contributed by atoms with Gasteiger partial charge in [-0.3, -0.25) is 0 Å². The quantitative estimate of drug-likeness (QED) is 0.654. The van der Waals surface area contributed by atoms with E-state index in [4.69, 9.17) is 16.7 Å². The average Bonchev–Trinajstić information content (AvgIpc) is 2.19. The summed E-state index contributed by atoms with van der Waals surface area (Å²) >= 11 is 7.89. The Balaban J connectivity index is 2.58. The monoisotopic (exact) mass is 339 g/mol. The first-order chi connectivity index (χ1) is 7.11. The van der Waals surface area contributed by atoms with Gasteiger partial charge in [0.2, 0.25) is 0 Å². The molecule has 0 heterocycles. The third kappa shape index (κ3) is 4.70. The van der Waals surface area contributed by atoms with Gasteiger partial charge in [0.1, 0.15) is 0 Å². The predicted molar refractivity (Wildman–Crippen MR) is 68.5 cm³/mol. The van der Waals surface area contributed by atoms with Crippen LogP contribution in [0.1, 0.15) is 5.56 Å². The number of hydrogen-bond acceptors (Lipinski definition) is 1. The van der Waals surface area contributed by atoms with E-state index in [2.05, 4.69) is 27.9 Å². The number of rotatable bonds is 4. The molecule has 1 rings (SSSR count). The molecular weight excluding hydrogens is 328 g/mol. The Bertz CT molecular complexity index is 329. The molecule has 0 aliphatic rings. The highest BCUT2D eigenvalue weighted by molar-refractivity contribution is 14.1. The van der Waals surface area contributed by atoms with E-state index in [9.17, 15) is 4.79 Å². The molecule has 0 saturated carbocycles. The lowest BCUT2D eigenvalue weighted by Gasteiger charge is -2.13. The fourth-order valence-corrected chi connectivity index (χ4v) is 1.77. The van der Waals surface area contributed by atoms with E-state index in [1.165, 1.54) is 0 Å². The first-order valence-electron chi connectivity index (χ1n) is 4.41. The van der Waals surface area contributed by atoms with Crippen LogP contribution in [0.5, 0.6) is 0 Å². The summed E-state index contributed by atoms with van der Waals surface area (Å²) in [7, 11) is 0. The van der Waals surface area contributed by atoms with Crippen LogP contribution in [0, 0.1) is 3.57 Å². The van der Waals surface area contributed by atoms with E-state index in [1.54, 1.807) is 0 Å². The Morgan fingerprint density at radius 1 is 1.47 bits per heavy atom. The fraction of sp³-hybridized carbons (Fsp3) is 0.300. The van der Waals surface area contributed by atoms with E-state index in [-0.39, 0.29) is 11.9 Å². The highest BCUT2D eigenvalue weighted by atomic mass is 127. The molecule has 0 radical (unpaired) electrons. The summed E-state index contributed by atoms with van der Waals surface area (Å²) in [6.07, 6.45) is -0.418. The van der Waals surface area contributed by atoms with Crippen LogP contribution in [-0.4, -0.2) is 23.1 Å². The minimum Gasteiger partial charge on any atom is -0.465 e. The second-order valence-corrected chi connectivity index (χ2v) is 4.69. The van der Waals surface area contributed by atoms with Crippen molar-refractivity contribution in [3.05, 3.63) is 33.4 Å². The third-order valence-corrected chi connectivity index (χ3v) is 3.00. The second kappa shape index (κ2) is 6.17. The molecule has 0 fully saturated rings. The zero-order valence-corrected chi connectivity index (χ0v) is 10.8. The SMILES string of the molecule is O=C(O)N[C@@H](CCl)Cc1ccc(I)cc1. The standard InChI is InChI=1S/C10H11ClINO2/c11-6-9(13-10(14)15)5-7-1-3-8(12)4-2-7/h1-4,9,13H,5-6H2,(H,14,15)/t9-/m1/s1. The van der Waals surface area contributed by atoms with Crippen LogP contribution in [0.4, 0.5) is 4.79 Å². The Morgan fingerprint density at radius 3 is 2.53 bits per heavy atom. The van der Waals surface area contributed by atoms with E-state index in [0.29, 0.717) is 6.42 Å². The van der Waals surface area contributed by atoms with Crippen molar-refractivity contribution < 1.29 is 9.90 Å². The van der Waals surface area contributed by atoms with Crippen molar-refractivity contribution in [3.63, 3.8) is 0 Å². The zero-order chi connectivity index (χ0) is 11.3. The van der Waals surface area contributed by atoms with Gasteiger partial charge in [-0.25, -0.2) is 4.79 Å². The number of nitrogens with one attached hydrogen (secondary N) is 1. The number of hydrogen-bond donors (Lipinski definition) is 2. The van der Waals surface area contributed by atoms with Gasteiger partial charge in [-0.05, 0) is 46.7 Å². The lowest BCUT2D eigenvalue weighted by atomic mass is 10.1. The van der Waals surface area contributed by atoms with Crippen molar-refractivity contribution in [1.82, 2.24) is 5.32 Å². The van der Waals surface area contributed by atoms with Gasteiger partial charge in [0.25, 0.3) is 0 Å². The van der Waals surface area contributed by atoms with Gasteiger partial charge < -0.3 is 10.4 Å². The fourth-order valence-electron chi connectivity index (χ4n) is 1.22. The molecular formula is C10H11ClINO2. The van der Waals surface area contributed by atoms with Crippen molar-refractivity contribution >= 4 is 40.3 Å². The van der Waals surface area contributed by atoms with Crippen molar-refractivity contribution in [1.29, 1.82) is 0 Å². The first-order valence-corrected chi connectivity index (χ1v) is 6.03.